The highest BCUT2D eigenvalue weighted by Crippen LogP contribution is 2.49. The fourth-order valence-electron chi connectivity index (χ4n) is 20.5. The van der Waals surface area contributed by atoms with E-state index in [1.807, 2.05) is 0 Å². The van der Waals surface area contributed by atoms with Crippen molar-refractivity contribution in [2.45, 2.75) is 27.7 Å². The lowest BCUT2D eigenvalue weighted by molar-refractivity contribution is 0.667. The molecule has 0 atom stereocenters. The van der Waals surface area contributed by atoms with E-state index in [2.05, 4.69) is 477 Å². The number of aryl methyl sites for hydroxylation is 4. The lowest BCUT2D eigenvalue weighted by Gasteiger charge is -2.10. The molecule has 0 saturated carbocycles. The quantitative estimate of drug-likeness (QED) is 0.152. The van der Waals surface area contributed by atoms with Crippen molar-refractivity contribution in [2.24, 2.45) is 0 Å². The van der Waals surface area contributed by atoms with Crippen molar-refractivity contribution in [3.05, 3.63) is 471 Å². The number of fused-ring (bicyclic) bond motifs is 23. The number of furan rings is 4. The van der Waals surface area contributed by atoms with Gasteiger partial charge in [0.15, 0.2) is 0 Å². The van der Waals surface area contributed by atoms with Gasteiger partial charge in [-0.2, -0.15) is 0 Å². The van der Waals surface area contributed by atoms with E-state index in [-0.39, 0.29) is 0 Å². The summed E-state index contributed by atoms with van der Waals surface area (Å²) < 4.78 is 26.2. The van der Waals surface area contributed by atoms with E-state index in [0.29, 0.717) is 0 Å². The van der Waals surface area contributed by atoms with Gasteiger partial charge < -0.3 is 17.7 Å². The highest BCUT2D eigenvalue weighted by molar-refractivity contribution is 6.26. The Hall–Kier alpha value is -16.9. The maximum absolute atomic E-state index is 6.57. The first-order valence-corrected chi connectivity index (χ1v) is 45.4. The molecular weight excluding hydrogens is 1600 g/mol. The Morgan fingerprint density at radius 1 is 0.121 bits per heavy atom. The summed E-state index contributed by atoms with van der Waals surface area (Å²) in [5, 5.41) is 27.0. The van der Waals surface area contributed by atoms with Crippen LogP contribution in [-0.2, 0) is 0 Å². The van der Waals surface area contributed by atoms with Crippen LogP contribution in [0.25, 0.3) is 252 Å². The molecule has 0 aliphatic carbocycles. The van der Waals surface area contributed by atoms with E-state index in [1.165, 1.54) is 180 Å². The summed E-state index contributed by atoms with van der Waals surface area (Å²) in [6, 6.07) is 160. The summed E-state index contributed by atoms with van der Waals surface area (Å²) in [7, 11) is 0. The van der Waals surface area contributed by atoms with Gasteiger partial charge >= 0.3 is 0 Å². The Morgan fingerprint density at radius 3 is 0.871 bits per heavy atom. The molecule has 27 rings (SSSR count). The van der Waals surface area contributed by atoms with Crippen LogP contribution in [0.2, 0.25) is 0 Å². The third-order valence-corrected chi connectivity index (χ3v) is 26.9. The average molecular weight is 1690 g/mol. The van der Waals surface area contributed by atoms with Crippen molar-refractivity contribution in [2.75, 3.05) is 0 Å². The maximum Gasteiger partial charge on any atom is 0.143 e. The predicted molar refractivity (Wildman–Crippen MR) is 560 cm³/mol. The molecule has 0 spiro atoms. The van der Waals surface area contributed by atoms with Gasteiger partial charge in [-0.3, -0.25) is 0 Å². The average Bonchev–Trinajstić information content (AvgIpc) is 1.58. The molecule has 4 heterocycles. The number of benzene rings is 23. The Morgan fingerprint density at radius 2 is 0.402 bits per heavy atom. The molecule has 0 N–H and O–H groups in total. The van der Waals surface area contributed by atoms with Crippen LogP contribution in [0.1, 0.15) is 22.3 Å². The molecule has 0 fully saturated rings. The van der Waals surface area contributed by atoms with Gasteiger partial charge in [0.2, 0.25) is 0 Å². The first kappa shape index (κ1) is 78.6. The molecule has 0 unspecified atom stereocenters. The molecule has 0 amide bonds. The molecule has 4 aromatic heterocycles. The summed E-state index contributed by atoms with van der Waals surface area (Å²) in [6.07, 6.45) is 0. The summed E-state index contributed by atoms with van der Waals surface area (Å²) in [4.78, 5) is 0. The summed E-state index contributed by atoms with van der Waals surface area (Å²) in [5.41, 5.74) is 31.4. The highest BCUT2D eigenvalue weighted by Gasteiger charge is 2.24. The van der Waals surface area contributed by atoms with Crippen molar-refractivity contribution in [1.29, 1.82) is 0 Å². The summed E-state index contributed by atoms with van der Waals surface area (Å²) >= 11 is 0. The van der Waals surface area contributed by atoms with E-state index < -0.39 is 0 Å². The second kappa shape index (κ2) is 32.7. The third-order valence-electron chi connectivity index (χ3n) is 26.9. The largest absolute Gasteiger partial charge is 0.455 e. The molecule has 27 aromatic rings. The number of hydrogen-bond donors (Lipinski definition) is 0. The van der Waals surface area contributed by atoms with Crippen LogP contribution in [0.5, 0.6) is 0 Å². The maximum atomic E-state index is 6.57. The lowest BCUT2D eigenvalue weighted by Crippen LogP contribution is -1.85. The van der Waals surface area contributed by atoms with Crippen LogP contribution in [-0.4, -0.2) is 0 Å². The van der Waals surface area contributed by atoms with Gasteiger partial charge in [0.05, 0.1) is 0 Å². The Labute approximate surface area is 763 Å². The standard InChI is InChI=1S/3C33H22O.C29H20O/c1-21-8-6-15-29-31-28-13-5-3-10-25(28)20-30(33(31)34-32(21)29)24-18-16-23(17-19-24)27-14-7-11-22-9-2-4-12-26(22)27;1-21-20-25-9-3-5-12-28(25)31-30-15-7-14-29(33(30)34-32(21)31)24-18-16-23(17-19-24)27-13-6-10-22-8-2-4-11-26(22)27;1-21-7-6-12-29-31-28-11-5-4-10-27(28)20-30(33(31)34-32(21)29)24-16-13-23(14-17-24)26-18-15-22-8-2-3-9-25(22)19-26;1-19-18-21-12-5-6-14-23(21)27-26-17-9-16-25(29(26)30-28(19)27)24-15-8-7-13-22(24)20-10-3-2-4-11-20/h3*2-20H,1H3;2-18H,1H3. The van der Waals surface area contributed by atoms with Crippen molar-refractivity contribution >= 4 is 163 Å². The molecule has 0 saturated heterocycles. The minimum absolute atomic E-state index is 0.954. The molecule has 0 bridgehead atoms. The molecule has 622 valence electrons. The van der Waals surface area contributed by atoms with Crippen LogP contribution in [0.4, 0.5) is 0 Å². The molecule has 0 aliphatic heterocycles. The number of hydrogen-bond acceptors (Lipinski definition) is 4. The lowest BCUT2D eigenvalue weighted by atomic mass is 9.93. The SMILES string of the molecule is Cc1cc2ccccc2c2c1oc1c(-c3ccc(-c4cccc5ccccc45)cc3)cccc12.Cc1cc2ccccc2c2c1oc1c(-c3ccccc3-c3ccccc3)cccc12.Cc1cccc2c1oc1c(-c3ccc(-c4ccc5ccccc5c4)cc3)cc3ccccc3c12.Cc1cccc2c1oc1c(-c3ccc(-c4cccc5ccccc45)cc3)cc3ccccc3c12. The van der Waals surface area contributed by atoms with Gasteiger partial charge in [0, 0.05) is 65.3 Å². The van der Waals surface area contributed by atoms with E-state index in [9.17, 15) is 0 Å². The van der Waals surface area contributed by atoms with Crippen molar-refractivity contribution in [3.8, 4) is 89.0 Å². The van der Waals surface area contributed by atoms with Gasteiger partial charge in [0.1, 0.15) is 44.7 Å². The number of para-hydroxylation sites is 4. The van der Waals surface area contributed by atoms with E-state index in [0.717, 1.165) is 94.7 Å². The zero-order valence-corrected chi connectivity index (χ0v) is 73.4. The van der Waals surface area contributed by atoms with Crippen LogP contribution in [0.15, 0.2) is 467 Å². The van der Waals surface area contributed by atoms with Crippen LogP contribution in [0, 0.1) is 27.7 Å². The topological polar surface area (TPSA) is 52.6 Å². The minimum atomic E-state index is 0.954. The molecule has 0 radical (unpaired) electrons. The van der Waals surface area contributed by atoms with Gasteiger partial charge in [-0.25, -0.2) is 0 Å². The normalized spacial score (nSPS) is 11.6. The Bertz CT molecular complexity index is 9220. The Kier molecular flexibility index (Phi) is 19.5. The second-order valence-electron chi connectivity index (χ2n) is 34.9. The summed E-state index contributed by atoms with van der Waals surface area (Å²) in [5.74, 6) is 0. The number of rotatable bonds is 8. The molecule has 23 aromatic carbocycles. The Balaban J connectivity index is 0.0000000972. The fraction of sp³-hybridized carbons (Fsp3) is 0.0312. The van der Waals surface area contributed by atoms with E-state index >= 15 is 0 Å². The van der Waals surface area contributed by atoms with Crippen molar-refractivity contribution in [3.63, 3.8) is 0 Å². The third kappa shape index (κ3) is 13.7. The van der Waals surface area contributed by atoms with Crippen LogP contribution >= 0.6 is 0 Å². The molecule has 0 aliphatic rings. The van der Waals surface area contributed by atoms with Gasteiger partial charge in [-0.15, -0.1) is 0 Å². The van der Waals surface area contributed by atoms with Gasteiger partial charge in [-0.05, 0) is 222 Å². The fourth-order valence-corrected chi connectivity index (χ4v) is 20.5. The van der Waals surface area contributed by atoms with Gasteiger partial charge in [0.25, 0.3) is 0 Å². The zero-order valence-electron chi connectivity index (χ0n) is 73.4. The zero-order chi connectivity index (χ0) is 88.0. The second-order valence-corrected chi connectivity index (χ2v) is 34.9. The van der Waals surface area contributed by atoms with Crippen molar-refractivity contribution < 1.29 is 17.7 Å². The molecular formula is C128H86O4. The first-order chi connectivity index (χ1) is 65.1. The monoisotopic (exact) mass is 1690 g/mol. The van der Waals surface area contributed by atoms with Crippen LogP contribution in [0.3, 0.4) is 0 Å². The summed E-state index contributed by atoms with van der Waals surface area (Å²) in [6.45, 7) is 8.50. The first-order valence-electron chi connectivity index (χ1n) is 45.4. The molecule has 132 heavy (non-hydrogen) atoms. The van der Waals surface area contributed by atoms with E-state index in [1.54, 1.807) is 0 Å². The molecule has 4 heteroatoms. The predicted octanol–water partition coefficient (Wildman–Crippen LogP) is 37.0. The highest BCUT2D eigenvalue weighted by atomic mass is 16.3. The van der Waals surface area contributed by atoms with Gasteiger partial charge in [-0.1, -0.05) is 419 Å². The minimum Gasteiger partial charge on any atom is -0.455 e. The van der Waals surface area contributed by atoms with Crippen LogP contribution < -0.4 is 0 Å². The molecule has 4 nitrogen and oxygen atoms in total. The smallest absolute Gasteiger partial charge is 0.143 e. The van der Waals surface area contributed by atoms with E-state index in [4.69, 9.17) is 17.7 Å². The van der Waals surface area contributed by atoms with Crippen molar-refractivity contribution in [1.82, 2.24) is 0 Å².